The molecule has 0 saturated heterocycles. The second kappa shape index (κ2) is 5.42. The van der Waals surface area contributed by atoms with E-state index in [0.717, 1.165) is 12.8 Å². The van der Waals surface area contributed by atoms with Crippen molar-refractivity contribution in [1.82, 2.24) is 4.98 Å². The summed E-state index contributed by atoms with van der Waals surface area (Å²) in [7, 11) is -3.29. The molecule has 0 atom stereocenters. The van der Waals surface area contributed by atoms with Gasteiger partial charge in [-0.05, 0) is 25.0 Å². The third-order valence-corrected chi connectivity index (χ3v) is 4.33. The molecule has 1 saturated carbocycles. The topological polar surface area (TPSA) is 76.3 Å². The first kappa shape index (κ1) is 14.2. The average molecular weight is 299 g/mol. The standard InChI is InChI=1S/C12H17N3O2S2/c1-19(16,17)10-3-2-7-14-12(10)15(9-4-5-9)8-6-11(13)18/h2-3,7,9H,4-6,8H2,1H3,(H2,13,18). The molecule has 7 heteroatoms. The molecule has 1 fully saturated rings. The quantitative estimate of drug-likeness (QED) is 0.794. The van der Waals surface area contributed by atoms with Crippen molar-refractivity contribution >= 4 is 32.9 Å². The van der Waals surface area contributed by atoms with Gasteiger partial charge in [0.2, 0.25) is 0 Å². The van der Waals surface area contributed by atoms with E-state index < -0.39 is 9.84 Å². The number of thiocarbonyl (C=S) groups is 1. The van der Waals surface area contributed by atoms with Crippen molar-refractivity contribution < 1.29 is 8.42 Å². The molecule has 1 aromatic rings. The predicted molar refractivity (Wildman–Crippen MR) is 79.1 cm³/mol. The maximum Gasteiger partial charge on any atom is 0.179 e. The smallest absolute Gasteiger partial charge is 0.179 e. The Morgan fingerprint density at radius 2 is 2.26 bits per heavy atom. The summed E-state index contributed by atoms with van der Waals surface area (Å²) in [4.78, 5) is 6.96. The van der Waals surface area contributed by atoms with Crippen molar-refractivity contribution in [3.05, 3.63) is 18.3 Å². The monoisotopic (exact) mass is 299 g/mol. The third kappa shape index (κ3) is 3.63. The first-order valence-electron chi connectivity index (χ1n) is 6.09. The van der Waals surface area contributed by atoms with E-state index >= 15 is 0 Å². The van der Waals surface area contributed by atoms with Gasteiger partial charge in [0.05, 0.1) is 4.99 Å². The SMILES string of the molecule is CS(=O)(=O)c1cccnc1N(CCC(N)=S)C1CC1. The van der Waals surface area contributed by atoms with Gasteiger partial charge in [0.1, 0.15) is 10.7 Å². The fraction of sp³-hybridized carbons (Fsp3) is 0.500. The minimum absolute atomic E-state index is 0.268. The Balaban J connectivity index is 2.34. The number of rotatable bonds is 6. The maximum atomic E-state index is 11.8. The molecule has 0 radical (unpaired) electrons. The molecule has 0 amide bonds. The van der Waals surface area contributed by atoms with Gasteiger partial charge in [-0.25, -0.2) is 13.4 Å². The van der Waals surface area contributed by atoms with Gasteiger partial charge in [-0.15, -0.1) is 0 Å². The van der Waals surface area contributed by atoms with Crippen molar-refractivity contribution in [2.45, 2.75) is 30.2 Å². The fourth-order valence-corrected chi connectivity index (χ4v) is 2.88. The molecule has 2 rings (SSSR count). The van der Waals surface area contributed by atoms with Gasteiger partial charge < -0.3 is 10.6 Å². The Bertz CT molecular complexity index is 582. The average Bonchev–Trinajstić information content (AvgIpc) is 3.12. The van der Waals surface area contributed by atoms with Gasteiger partial charge in [-0.1, -0.05) is 12.2 Å². The summed E-state index contributed by atoms with van der Waals surface area (Å²) < 4.78 is 23.6. The molecule has 0 aliphatic heterocycles. The molecule has 2 N–H and O–H groups in total. The number of aromatic nitrogens is 1. The van der Waals surface area contributed by atoms with Crippen LogP contribution in [-0.4, -0.2) is 37.2 Å². The maximum absolute atomic E-state index is 11.8. The van der Waals surface area contributed by atoms with Crippen molar-refractivity contribution in [2.75, 3.05) is 17.7 Å². The summed E-state index contributed by atoms with van der Waals surface area (Å²) in [6.07, 6.45) is 5.48. The van der Waals surface area contributed by atoms with Crippen LogP contribution in [0.3, 0.4) is 0 Å². The van der Waals surface area contributed by atoms with Gasteiger partial charge in [0, 0.05) is 31.5 Å². The van der Waals surface area contributed by atoms with Crippen molar-refractivity contribution in [1.29, 1.82) is 0 Å². The first-order valence-corrected chi connectivity index (χ1v) is 8.39. The van der Waals surface area contributed by atoms with Crippen LogP contribution in [0.2, 0.25) is 0 Å². The van der Waals surface area contributed by atoms with Crippen LogP contribution in [0.4, 0.5) is 5.82 Å². The molecular weight excluding hydrogens is 282 g/mol. The molecule has 1 heterocycles. The number of nitrogens with zero attached hydrogens (tertiary/aromatic N) is 2. The summed E-state index contributed by atoms with van der Waals surface area (Å²) in [5, 5.41) is 0. The highest BCUT2D eigenvalue weighted by Crippen LogP contribution is 2.33. The van der Waals surface area contributed by atoms with E-state index in [1.807, 2.05) is 4.90 Å². The largest absolute Gasteiger partial charge is 0.393 e. The van der Waals surface area contributed by atoms with Crippen LogP contribution in [0.15, 0.2) is 23.2 Å². The highest BCUT2D eigenvalue weighted by molar-refractivity contribution is 7.90. The van der Waals surface area contributed by atoms with Gasteiger partial charge in [0.25, 0.3) is 0 Å². The first-order chi connectivity index (χ1) is 8.89. The molecule has 1 aliphatic carbocycles. The summed E-state index contributed by atoms with van der Waals surface area (Å²) in [5.74, 6) is 0.517. The molecule has 0 aromatic carbocycles. The fourth-order valence-electron chi connectivity index (χ4n) is 1.97. The number of anilines is 1. The van der Waals surface area contributed by atoms with Gasteiger partial charge in [0.15, 0.2) is 9.84 Å². The number of pyridine rings is 1. The lowest BCUT2D eigenvalue weighted by Crippen LogP contribution is -2.31. The Kier molecular flexibility index (Phi) is 4.05. The lowest BCUT2D eigenvalue weighted by molar-refractivity contribution is 0.600. The van der Waals surface area contributed by atoms with E-state index in [0.29, 0.717) is 29.8 Å². The summed E-state index contributed by atoms with van der Waals surface area (Å²) in [6, 6.07) is 3.58. The van der Waals surface area contributed by atoms with Crippen molar-refractivity contribution in [3.63, 3.8) is 0 Å². The second-order valence-electron chi connectivity index (χ2n) is 4.74. The summed E-state index contributed by atoms with van der Waals surface area (Å²) >= 11 is 4.89. The molecule has 19 heavy (non-hydrogen) atoms. The molecule has 5 nitrogen and oxygen atoms in total. The molecule has 104 valence electrons. The van der Waals surface area contributed by atoms with Crippen LogP contribution < -0.4 is 10.6 Å². The Morgan fingerprint density at radius 3 is 2.79 bits per heavy atom. The van der Waals surface area contributed by atoms with Crippen molar-refractivity contribution in [2.24, 2.45) is 5.73 Å². The minimum atomic E-state index is -3.29. The third-order valence-electron chi connectivity index (χ3n) is 3.01. The van der Waals surface area contributed by atoms with Gasteiger partial charge in [-0.3, -0.25) is 0 Å². The Morgan fingerprint density at radius 1 is 1.58 bits per heavy atom. The highest BCUT2D eigenvalue weighted by Gasteiger charge is 2.32. The number of sulfone groups is 1. The van der Waals surface area contributed by atoms with E-state index in [1.165, 1.54) is 6.26 Å². The minimum Gasteiger partial charge on any atom is -0.393 e. The molecule has 0 bridgehead atoms. The lowest BCUT2D eigenvalue weighted by atomic mass is 10.3. The zero-order valence-electron chi connectivity index (χ0n) is 10.7. The molecule has 1 aliphatic rings. The van der Waals surface area contributed by atoms with Gasteiger partial charge in [-0.2, -0.15) is 0 Å². The van der Waals surface area contributed by atoms with E-state index in [1.54, 1.807) is 18.3 Å². The summed E-state index contributed by atoms with van der Waals surface area (Å²) in [6.45, 7) is 0.611. The van der Waals surface area contributed by atoms with Crippen LogP contribution in [0.5, 0.6) is 0 Å². The van der Waals surface area contributed by atoms with Crippen LogP contribution in [-0.2, 0) is 9.84 Å². The normalized spacial score (nSPS) is 15.2. The second-order valence-corrected chi connectivity index (χ2v) is 7.25. The van der Waals surface area contributed by atoms with Crippen LogP contribution in [0.25, 0.3) is 0 Å². The number of hydrogen-bond donors (Lipinski definition) is 1. The van der Waals surface area contributed by atoms with Crippen LogP contribution >= 0.6 is 12.2 Å². The van der Waals surface area contributed by atoms with E-state index in [4.69, 9.17) is 18.0 Å². The Hall–Kier alpha value is -1.21. The highest BCUT2D eigenvalue weighted by atomic mass is 32.2. The molecular formula is C12H17N3O2S2. The number of hydrogen-bond acceptors (Lipinski definition) is 5. The molecule has 1 aromatic heterocycles. The summed E-state index contributed by atoms with van der Waals surface area (Å²) in [5.41, 5.74) is 5.53. The van der Waals surface area contributed by atoms with Crippen LogP contribution in [0, 0.1) is 0 Å². The van der Waals surface area contributed by atoms with Crippen LogP contribution in [0.1, 0.15) is 19.3 Å². The van der Waals surface area contributed by atoms with E-state index in [-0.39, 0.29) is 4.90 Å². The zero-order chi connectivity index (χ0) is 14.0. The number of nitrogens with two attached hydrogens (primary N) is 1. The molecule has 0 spiro atoms. The van der Waals surface area contributed by atoms with E-state index in [9.17, 15) is 8.42 Å². The lowest BCUT2D eigenvalue weighted by Gasteiger charge is -2.25. The predicted octanol–water partition coefficient (Wildman–Crippen LogP) is 1.13. The Labute approximate surface area is 118 Å². The van der Waals surface area contributed by atoms with Gasteiger partial charge >= 0.3 is 0 Å². The zero-order valence-corrected chi connectivity index (χ0v) is 12.4. The van der Waals surface area contributed by atoms with Crippen molar-refractivity contribution in [3.8, 4) is 0 Å². The van der Waals surface area contributed by atoms with E-state index in [2.05, 4.69) is 4.98 Å². The molecule has 0 unspecified atom stereocenters.